The Morgan fingerprint density at radius 1 is 1.24 bits per heavy atom. The van der Waals surface area contributed by atoms with Crippen molar-refractivity contribution in [2.45, 2.75) is 19.6 Å². The second-order valence-corrected chi connectivity index (χ2v) is 6.46. The zero-order chi connectivity index (χ0) is 14.7. The van der Waals surface area contributed by atoms with Gasteiger partial charge in [-0.1, -0.05) is 18.2 Å². The Morgan fingerprint density at radius 3 is 2.90 bits per heavy atom. The van der Waals surface area contributed by atoms with Crippen LogP contribution in [0, 0.1) is 0 Å². The van der Waals surface area contributed by atoms with Crippen LogP contribution in [0.3, 0.4) is 0 Å². The van der Waals surface area contributed by atoms with Gasteiger partial charge in [-0.05, 0) is 36.1 Å². The maximum atomic E-state index is 9.58. The van der Waals surface area contributed by atoms with Crippen LogP contribution in [0.5, 0.6) is 5.75 Å². The normalized spacial score (nSPS) is 12.3. The average molecular weight is 317 g/mol. The molecule has 0 amide bonds. The lowest BCUT2D eigenvalue weighted by molar-refractivity contribution is 0.198. The number of hydrogen-bond acceptors (Lipinski definition) is 5. The maximum Gasteiger partial charge on any atom is 0.133 e. The average Bonchev–Trinajstić information content (AvgIpc) is 3.16. The van der Waals surface area contributed by atoms with E-state index < -0.39 is 6.10 Å². The molecule has 0 saturated carbocycles. The first kappa shape index (κ1) is 14.3. The Bertz CT molecular complexity index is 705. The summed E-state index contributed by atoms with van der Waals surface area (Å²) in [7, 11) is 0. The van der Waals surface area contributed by atoms with E-state index in [9.17, 15) is 5.11 Å². The van der Waals surface area contributed by atoms with Gasteiger partial charge < -0.3 is 9.84 Å². The van der Waals surface area contributed by atoms with Crippen molar-refractivity contribution in [1.82, 2.24) is 4.98 Å². The predicted octanol–water partition coefficient (Wildman–Crippen LogP) is 4.50. The van der Waals surface area contributed by atoms with Gasteiger partial charge in [0.15, 0.2) is 0 Å². The molecule has 1 unspecified atom stereocenters. The summed E-state index contributed by atoms with van der Waals surface area (Å²) in [5.41, 5.74) is 1.77. The van der Waals surface area contributed by atoms with Crippen LogP contribution in [0.1, 0.15) is 24.3 Å². The lowest BCUT2D eigenvalue weighted by Gasteiger charge is -2.08. The summed E-state index contributed by atoms with van der Waals surface area (Å²) in [5.74, 6) is 0.749. The molecule has 0 aliphatic heterocycles. The van der Waals surface area contributed by atoms with Crippen LogP contribution in [0.15, 0.2) is 47.2 Å². The van der Waals surface area contributed by atoms with Crippen molar-refractivity contribution in [3.8, 4) is 15.6 Å². The number of rotatable bonds is 5. The topological polar surface area (TPSA) is 42.4 Å². The van der Waals surface area contributed by atoms with E-state index in [2.05, 4.69) is 16.4 Å². The highest BCUT2D eigenvalue weighted by molar-refractivity contribution is 7.20. The molecule has 1 N–H and O–H groups in total. The van der Waals surface area contributed by atoms with Gasteiger partial charge in [-0.2, -0.15) is 0 Å². The molecule has 5 heteroatoms. The van der Waals surface area contributed by atoms with Crippen LogP contribution in [0.25, 0.3) is 9.88 Å². The molecular weight excluding hydrogens is 302 g/mol. The van der Waals surface area contributed by atoms with E-state index in [1.807, 2.05) is 35.7 Å². The summed E-state index contributed by atoms with van der Waals surface area (Å²) in [5, 5.41) is 14.7. The number of thiophene rings is 1. The SMILES string of the molecule is CC(O)c1cccc(OCc2csc(-c3cccs3)n2)c1. The van der Waals surface area contributed by atoms with Crippen molar-refractivity contribution >= 4 is 22.7 Å². The lowest BCUT2D eigenvalue weighted by atomic mass is 10.1. The van der Waals surface area contributed by atoms with Gasteiger partial charge >= 0.3 is 0 Å². The Labute approximate surface area is 131 Å². The van der Waals surface area contributed by atoms with Crippen molar-refractivity contribution < 1.29 is 9.84 Å². The molecule has 3 nitrogen and oxygen atoms in total. The van der Waals surface area contributed by atoms with E-state index in [-0.39, 0.29) is 0 Å². The highest BCUT2D eigenvalue weighted by atomic mass is 32.1. The van der Waals surface area contributed by atoms with Crippen LogP contribution in [0.4, 0.5) is 0 Å². The molecule has 2 aromatic heterocycles. The van der Waals surface area contributed by atoms with Crippen LogP contribution >= 0.6 is 22.7 Å². The van der Waals surface area contributed by atoms with Crippen LogP contribution < -0.4 is 4.74 Å². The van der Waals surface area contributed by atoms with E-state index >= 15 is 0 Å². The summed E-state index contributed by atoms with van der Waals surface area (Å²) in [6.07, 6.45) is -0.488. The fourth-order valence-corrected chi connectivity index (χ4v) is 3.53. The first-order valence-electron chi connectivity index (χ1n) is 6.61. The maximum absolute atomic E-state index is 9.58. The van der Waals surface area contributed by atoms with Gasteiger partial charge in [0.05, 0.1) is 16.7 Å². The number of aliphatic hydroxyl groups excluding tert-OH is 1. The molecule has 0 aliphatic carbocycles. The third-order valence-electron chi connectivity index (χ3n) is 3.01. The fourth-order valence-electron chi connectivity index (χ4n) is 1.91. The lowest BCUT2D eigenvalue weighted by Crippen LogP contribution is -1.97. The van der Waals surface area contributed by atoms with Gasteiger partial charge in [-0.15, -0.1) is 22.7 Å². The fraction of sp³-hybridized carbons (Fsp3) is 0.188. The van der Waals surface area contributed by atoms with Crippen LogP contribution in [0.2, 0.25) is 0 Å². The summed E-state index contributed by atoms with van der Waals surface area (Å²) >= 11 is 3.32. The van der Waals surface area contributed by atoms with Crippen LogP contribution in [-0.2, 0) is 6.61 Å². The largest absolute Gasteiger partial charge is 0.487 e. The highest BCUT2D eigenvalue weighted by Crippen LogP contribution is 2.28. The summed E-state index contributed by atoms with van der Waals surface area (Å²) in [6, 6.07) is 11.6. The molecule has 2 heterocycles. The van der Waals surface area contributed by atoms with Gasteiger partial charge in [-0.25, -0.2) is 4.98 Å². The van der Waals surface area contributed by atoms with E-state index in [0.717, 1.165) is 22.0 Å². The summed E-state index contributed by atoms with van der Waals surface area (Å²) < 4.78 is 5.75. The Kier molecular flexibility index (Phi) is 4.34. The predicted molar refractivity (Wildman–Crippen MR) is 86.8 cm³/mol. The van der Waals surface area contributed by atoms with Gasteiger partial charge in [0.2, 0.25) is 0 Å². The standard InChI is InChI=1S/C16H15NO2S2/c1-11(18)12-4-2-5-14(8-12)19-9-13-10-21-16(17-13)15-6-3-7-20-15/h2-8,10-11,18H,9H2,1H3. The van der Waals surface area contributed by atoms with E-state index in [0.29, 0.717) is 6.61 Å². The quantitative estimate of drug-likeness (QED) is 0.753. The van der Waals surface area contributed by atoms with Gasteiger partial charge in [-0.3, -0.25) is 0 Å². The Morgan fingerprint density at radius 2 is 2.14 bits per heavy atom. The number of thiazole rings is 1. The molecule has 21 heavy (non-hydrogen) atoms. The molecule has 3 rings (SSSR count). The highest BCUT2D eigenvalue weighted by Gasteiger charge is 2.07. The molecule has 0 radical (unpaired) electrons. The minimum Gasteiger partial charge on any atom is -0.487 e. The second kappa shape index (κ2) is 6.39. The first-order chi connectivity index (χ1) is 10.2. The third-order valence-corrected chi connectivity index (χ3v) is 4.94. The van der Waals surface area contributed by atoms with Crippen molar-refractivity contribution in [2.24, 2.45) is 0 Å². The molecule has 1 aromatic carbocycles. The smallest absolute Gasteiger partial charge is 0.133 e. The molecular formula is C16H15NO2S2. The molecule has 0 fully saturated rings. The molecule has 1 atom stereocenters. The number of aliphatic hydroxyl groups is 1. The first-order valence-corrected chi connectivity index (χ1v) is 8.37. The van der Waals surface area contributed by atoms with Crippen molar-refractivity contribution in [3.63, 3.8) is 0 Å². The number of ether oxygens (including phenoxy) is 1. The van der Waals surface area contributed by atoms with Gasteiger partial charge in [0.1, 0.15) is 17.4 Å². The summed E-state index contributed by atoms with van der Waals surface area (Å²) in [6.45, 7) is 2.18. The van der Waals surface area contributed by atoms with Gasteiger partial charge in [0, 0.05) is 5.38 Å². The molecule has 108 valence electrons. The molecule has 0 spiro atoms. The van der Waals surface area contributed by atoms with E-state index in [1.165, 1.54) is 4.88 Å². The molecule has 0 saturated heterocycles. The minimum atomic E-state index is -0.488. The zero-order valence-corrected chi connectivity index (χ0v) is 13.2. The van der Waals surface area contributed by atoms with Crippen molar-refractivity contribution in [3.05, 3.63) is 58.4 Å². The summed E-state index contributed by atoms with van der Waals surface area (Å²) in [4.78, 5) is 5.76. The number of aromatic nitrogens is 1. The number of hydrogen-bond donors (Lipinski definition) is 1. The van der Waals surface area contributed by atoms with E-state index in [4.69, 9.17) is 4.74 Å². The number of benzene rings is 1. The minimum absolute atomic E-state index is 0.436. The van der Waals surface area contributed by atoms with Gasteiger partial charge in [0.25, 0.3) is 0 Å². The Hall–Kier alpha value is -1.69. The Balaban J connectivity index is 1.67. The molecule has 0 bridgehead atoms. The van der Waals surface area contributed by atoms with Crippen molar-refractivity contribution in [1.29, 1.82) is 0 Å². The van der Waals surface area contributed by atoms with Crippen LogP contribution in [-0.4, -0.2) is 10.1 Å². The van der Waals surface area contributed by atoms with Crippen molar-refractivity contribution in [2.75, 3.05) is 0 Å². The monoisotopic (exact) mass is 317 g/mol. The number of nitrogens with zero attached hydrogens (tertiary/aromatic N) is 1. The second-order valence-electron chi connectivity index (χ2n) is 4.66. The molecule has 3 aromatic rings. The molecule has 0 aliphatic rings. The van der Waals surface area contributed by atoms with E-state index in [1.54, 1.807) is 29.6 Å². The zero-order valence-electron chi connectivity index (χ0n) is 11.5. The third kappa shape index (κ3) is 3.50.